The van der Waals surface area contributed by atoms with Crippen molar-refractivity contribution in [3.63, 3.8) is 0 Å². The van der Waals surface area contributed by atoms with Crippen LogP contribution in [0.4, 0.5) is 19.4 Å². The molecule has 3 N–H and O–H groups in total. The number of rotatable bonds is 7. The van der Waals surface area contributed by atoms with Crippen LogP contribution in [-0.2, 0) is 16.5 Å². The monoisotopic (exact) mass is 474 g/mol. The molecule has 2 fully saturated rings. The number of nitrogens with one attached hydrogen (secondary N) is 3. The topological polar surface area (TPSA) is 132 Å². The van der Waals surface area contributed by atoms with Crippen molar-refractivity contribution < 1.29 is 32.6 Å². The molecule has 2 atom stereocenters. The molecule has 2 aromatic heterocycles. The maximum absolute atomic E-state index is 12.8. The smallest absolute Gasteiger partial charge is 0.444 e. The summed E-state index contributed by atoms with van der Waals surface area (Å²) in [7, 11) is 1.39. The lowest BCUT2D eigenvalue weighted by Gasteiger charge is -2.15. The zero-order valence-electron chi connectivity index (χ0n) is 17.2. The quantitative estimate of drug-likeness (QED) is 0.525. The molecule has 0 unspecified atom stereocenters. The highest BCUT2D eigenvalue weighted by atomic mass is 35.5. The number of H-pyrrole nitrogens is 1. The van der Waals surface area contributed by atoms with Gasteiger partial charge in [0, 0.05) is 42.7 Å². The average Bonchev–Trinajstić information content (AvgIpc) is 3.07. The van der Waals surface area contributed by atoms with Crippen molar-refractivity contribution in [3.05, 3.63) is 23.5 Å². The van der Waals surface area contributed by atoms with Crippen LogP contribution in [0.5, 0.6) is 5.88 Å². The fourth-order valence-corrected chi connectivity index (χ4v) is 3.28. The minimum atomic E-state index is -3.95. The van der Waals surface area contributed by atoms with Crippen LogP contribution in [0.15, 0.2) is 12.1 Å². The van der Waals surface area contributed by atoms with Gasteiger partial charge in [-0.1, -0.05) is 0 Å². The number of aromatic nitrogens is 4. The van der Waals surface area contributed by atoms with E-state index in [0.717, 1.165) is 23.6 Å². The summed E-state index contributed by atoms with van der Waals surface area (Å²) in [6, 6.07) is 2.59. The maximum Gasteiger partial charge on any atom is 0.488 e. The number of hydrogen-bond donors (Lipinski definition) is 3. The Hall–Kier alpha value is -2.93. The first-order valence-corrected chi connectivity index (χ1v) is 10.1. The van der Waals surface area contributed by atoms with Crippen LogP contribution in [0.3, 0.4) is 0 Å². The summed E-state index contributed by atoms with van der Waals surface area (Å²) in [5.74, 6) is -0.973. The standard InChI is InChI=1S/C18H21ClF2N6O5/c1-17(3-4-17)23-16(29)31-9-5-12(30-8-9)10-6-13(25-24-10)22-15(28)11-7-14(26-27(11)2)32-18(19,20)21/h6-7,9,12H,3-5,8H2,1-2H3,(H,23,29)(H2,22,24,25,28)/t9-,12-/m1/s1. The van der Waals surface area contributed by atoms with Crippen molar-refractivity contribution in [2.75, 3.05) is 11.9 Å². The summed E-state index contributed by atoms with van der Waals surface area (Å²) < 4.78 is 41.8. The van der Waals surface area contributed by atoms with Crippen LogP contribution in [0.1, 0.15) is 48.5 Å². The Kier molecular flexibility index (Phi) is 5.71. The molecule has 1 saturated heterocycles. The van der Waals surface area contributed by atoms with E-state index in [1.165, 1.54) is 7.05 Å². The molecule has 2 amide bonds. The molecule has 4 rings (SSSR count). The van der Waals surface area contributed by atoms with Crippen LogP contribution >= 0.6 is 11.6 Å². The lowest BCUT2D eigenvalue weighted by molar-refractivity contribution is -0.0993. The molecular weight excluding hydrogens is 454 g/mol. The third-order valence-corrected chi connectivity index (χ3v) is 5.21. The summed E-state index contributed by atoms with van der Waals surface area (Å²) >= 11 is 4.71. The zero-order valence-corrected chi connectivity index (χ0v) is 17.9. The molecule has 0 spiro atoms. The second kappa shape index (κ2) is 8.20. The Morgan fingerprint density at radius 3 is 2.84 bits per heavy atom. The van der Waals surface area contributed by atoms with E-state index in [0.29, 0.717) is 12.1 Å². The zero-order chi connectivity index (χ0) is 23.1. The van der Waals surface area contributed by atoms with Gasteiger partial charge in [0.1, 0.15) is 17.9 Å². The maximum atomic E-state index is 12.8. The van der Waals surface area contributed by atoms with Gasteiger partial charge in [0.2, 0.25) is 5.88 Å². The Bertz CT molecular complexity index is 1020. The highest BCUT2D eigenvalue weighted by Gasteiger charge is 2.40. The van der Waals surface area contributed by atoms with Gasteiger partial charge in [0.05, 0.1) is 12.3 Å². The fraction of sp³-hybridized carbons (Fsp3) is 0.556. The van der Waals surface area contributed by atoms with Crippen LogP contribution in [0.2, 0.25) is 0 Å². The molecule has 0 bridgehead atoms. The highest BCUT2D eigenvalue weighted by Crippen LogP contribution is 2.35. The van der Waals surface area contributed by atoms with Crippen LogP contribution in [0, 0.1) is 0 Å². The van der Waals surface area contributed by atoms with Crippen molar-refractivity contribution in [1.82, 2.24) is 25.3 Å². The highest BCUT2D eigenvalue weighted by molar-refractivity contribution is 6.20. The number of alkyl carbamates (subject to hydrolysis) is 1. The van der Waals surface area contributed by atoms with Crippen molar-refractivity contribution in [3.8, 4) is 5.88 Å². The summed E-state index contributed by atoms with van der Waals surface area (Å²) in [6.45, 7) is 2.19. The molecule has 2 aliphatic rings. The molecule has 0 radical (unpaired) electrons. The summed E-state index contributed by atoms with van der Waals surface area (Å²) in [5, 5.41) is 15.8. The van der Waals surface area contributed by atoms with Crippen molar-refractivity contribution >= 4 is 29.4 Å². The molecule has 14 heteroatoms. The van der Waals surface area contributed by atoms with Gasteiger partial charge < -0.3 is 24.8 Å². The SMILES string of the molecule is Cn1nc(OC(F)(F)Cl)cc1C(=O)Nc1cc([C@H]2C[C@@H](OC(=O)NC3(C)CC3)CO2)[nH]n1. The van der Waals surface area contributed by atoms with Gasteiger partial charge in [-0.15, -0.1) is 13.9 Å². The number of carbonyl (C=O) groups is 2. The third-order valence-electron chi connectivity index (χ3n) is 5.13. The van der Waals surface area contributed by atoms with Crippen LogP contribution in [-0.4, -0.2) is 55.8 Å². The lowest BCUT2D eigenvalue weighted by atomic mass is 10.1. The van der Waals surface area contributed by atoms with E-state index in [9.17, 15) is 18.4 Å². The average molecular weight is 475 g/mol. The van der Waals surface area contributed by atoms with E-state index in [4.69, 9.17) is 21.1 Å². The first-order valence-electron chi connectivity index (χ1n) is 9.76. The second-order valence-electron chi connectivity index (χ2n) is 7.97. The van der Waals surface area contributed by atoms with E-state index in [1.54, 1.807) is 6.07 Å². The van der Waals surface area contributed by atoms with Crippen molar-refractivity contribution in [2.24, 2.45) is 7.05 Å². The van der Waals surface area contributed by atoms with Gasteiger partial charge in [-0.2, -0.15) is 5.10 Å². The number of halogens is 3. The Labute approximate surface area is 185 Å². The largest absolute Gasteiger partial charge is 0.488 e. The van der Waals surface area contributed by atoms with E-state index >= 15 is 0 Å². The lowest BCUT2D eigenvalue weighted by Crippen LogP contribution is -2.37. The van der Waals surface area contributed by atoms with Gasteiger partial charge in [0.15, 0.2) is 5.82 Å². The molecular formula is C18H21ClF2N6O5. The van der Waals surface area contributed by atoms with Crippen LogP contribution < -0.4 is 15.4 Å². The number of anilines is 1. The molecule has 32 heavy (non-hydrogen) atoms. The summed E-state index contributed by atoms with van der Waals surface area (Å²) in [5.41, 5.74) is -3.58. The summed E-state index contributed by atoms with van der Waals surface area (Å²) in [4.78, 5) is 24.4. The molecule has 0 aromatic carbocycles. The Balaban J connectivity index is 1.31. The summed E-state index contributed by atoms with van der Waals surface area (Å²) in [6.07, 6.45) is 1.02. The number of aromatic amines is 1. The van der Waals surface area contributed by atoms with Gasteiger partial charge in [-0.25, -0.2) is 4.79 Å². The molecule has 1 aliphatic heterocycles. The number of alkyl halides is 3. The van der Waals surface area contributed by atoms with Crippen molar-refractivity contribution in [2.45, 2.75) is 49.5 Å². The molecule has 174 valence electrons. The minimum Gasteiger partial charge on any atom is -0.444 e. The number of nitrogens with zero attached hydrogens (tertiary/aromatic N) is 3. The third kappa shape index (κ3) is 5.46. The van der Waals surface area contributed by atoms with E-state index in [2.05, 4.69) is 30.7 Å². The van der Waals surface area contributed by atoms with Gasteiger partial charge in [0.25, 0.3) is 5.91 Å². The number of hydrogen-bond acceptors (Lipinski definition) is 7. The molecule has 3 heterocycles. The van der Waals surface area contributed by atoms with Gasteiger partial charge in [-0.05, 0) is 19.8 Å². The molecule has 11 nitrogen and oxygen atoms in total. The first kappa shape index (κ1) is 22.3. The number of amides is 2. The number of carbonyl (C=O) groups excluding carboxylic acids is 2. The molecule has 2 aromatic rings. The Morgan fingerprint density at radius 2 is 2.16 bits per heavy atom. The minimum absolute atomic E-state index is 0.0496. The second-order valence-corrected chi connectivity index (χ2v) is 8.41. The first-order chi connectivity index (χ1) is 15.0. The number of aryl methyl sites for hydroxylation is 1. The Morgan fingerprint density at radius 1 is 1.41 bits per heavy atom. The predicted molar refractivity (Wildman–Crippen MR) is 106 cm³/mol. The fourth-order valence-electron chi connectivity index (χ4n) is 3.20. The normalized spacial score (nSPS) is 21.8. The van der Waals surface area contributed by atoms with E-state index < -0.39 is 35.7 Å². The van der Waals surface area contributed by atoms with Crippen LogP contribution in [0.25, 0.3) is 0 Å². The predicted octanol–water partition coefficient (Wildman–Crippen LogP) is 2.67. The van der Waals surface area contributed by atoms with Gasteiger partial charge in [-0.3, -0.25) is 14.6 Å². The van der Waals surface area contributed by atoms with Crippen molar-refractivity contribution in [1.29, 1.82) is 0 Å². The molecule has 1 aliphatic carbocycles. The van der Waals surface area contributed by atoms with E-state index in [-0.39, 0.29) is 23.7 Å². The molecule has 1 saturated carbocycles. The van der Waals surface area contributed by atoms with Gasteiger partial charge >= 0.3 is 11.7 Å². The van der Waals surface area contributed by atoms with E-state index in [1.807, 2.05) is 6.92 Å². The number of ether oxygens (including phenoxy) is 3.